The minimum Gasteiger partial charge on any atom is -0.399 e. The summed E-state index contributed by atoms with van der Waals surface area (Å²) in [7, 11) is 1.91. The Morgan fingerprint density at radius 2 is 1.93 bits per heavy atom. The Balaban J connectivity index is 1.42. The van der Waals surface area contributed by atoms with E-state index in [9.17, 15) is 4.79 Å². The highest BCUT2D eigenvalue weighted by Crippen LogP contribution is 2.33. The summed E-state index contributed by atoms with van der Waals surface area (Å²) in [6.45, 7) is 0. The maximum atomic E-state index is 13.3. The number of anilines is 1. The van der Waals surface area contributed by atoms with Crippen molar-refractivity contribution >= 4 is 34.3 Å². The first-order chi connectivity index (χ1) is 14.6. The Hall–Kier alpha value is -3.06. The molecule has 2 aromatic carbocycles. The Morgan fingerprint density at radius 1 is 1.10 bits per heavy atom. The summed E-state index contributed by atoms with van der Waals surface area (Å²) >= 11 is 1.42. The summed E-state index contributed by atoms with van der Waals surface area (Å²) in [5.74, 6) is 1.14. The van der Waals surface area contributed by atoms with Crippen LogP contribution in [0, 0.1) is 0 Å². The molecule has 30 heavy (non-hydrogen) atoms. The van der Waals surface area contributed by atoms with Gasteiger partial charge in [0, 0.05) is 29.4 Å². The summed E-state index contributed by atoms with van der Waals surface area (Å²) in [5, 5.41) is 10.5. The molecule has 2 heterocycles. The van der Waals surface area contributed by atoms with Crippen LogP contribution in [-0.4, -0.2) is 31.0 Å². The molecule has 0 fully saturated rings. The van der Waals surface area contributed by atoms with Gasteiger partial charge in [0.05, 0.1) is 11.3 Å². The van der Waals surface area contributed by atoms with Crippen LogP contribution in [0.2, 0.25) is 0 Å². The number of thioether (sulfide) groups is 1. The average molecular weight is 418 g/mol. The van der Waals surface area contributed by atoms with E-state index in [0.717, 1.165) is 36.2 Å². The van der Waals surface area contributed by atoms with Crippen LogP contribution in [0.3, 0.4) is 0 Å². The number of nitrogen functional groups attached to an aromatic ring is 1. The van der Waals surface area contributed by atoms with E-state index in [1.165, 1.54) is 34.8 Å². The zero-order valence-corrected chi connectivity index (χ0v) is 17.7. The quantitative estimate of drug-likeness (QED) is 0.395. The number of rotatable bonds is 4. The number of hydrogen-bond acceptors (Lipinski definition) is 5. The van der Waals surface area contributed by atoms with E-state index in [-0.39, 0.29) is 5.91 Å². The molecule has 2 N–H and O–H groups in total. The van der Waals surface area contributed by atoms with E-state index in [0.29, 0.717) is 16.6 Å². The van der Waals surface area contributed by atoms with Gasteiger partial charge in [-0.2, -0.15) is 0 Å². The first-order valence-corrected chi connectivity index (χ1v) is 11.1. The lowest BCUT2D eigenvalue weighted by molar-refractivity contribution is 0.0943. The lowest BCUT2D eigenvalue weighted by atomic mass is 9.96. The predicted octanol–water partition coefficient (Wildman–Crippen LogP) is 4.33. The molecular formula is C23H23N5OS. The molecule has 0 unspecified atom stereocenters. The van der Waals surface area contributed by atoms with Crippen LogP contribution in [0.5, 0.6) is 0 Å². The lowest BCUT2D eigenvalue weighted by Crippen LogP contribution is -2.18. The molecule has 5 rings (SSSR count). The average Bonchev–Trinajstić information content (AvgIpc) is 3.30. The van der Waals surface area contributed by atoms with Gasteiger partial charge >= 0.3 is 0 Å². The van der Waals surface area contributed by atoms with Gasteiger partial charge in [0.1, 0.15) is 0 Å². The van der Waals surface area contributed by atoms with Crippen LogP contribution in [0.25, 0.3) is 22.3 Å². The Kier molecular flexibility index (Phi) is 4.83. The fourth-order valence-electron chi connectivity index (χ4n) is 4.34. The highest BCUT2D eigenvalue weighted by atomic mass is 32.2. The molecule has 152 valence electrons. The highest BCUT2D eigenvalue weighted by molar-refractivity contribution is 7.99. The molecule has 2 aromatic heterocycles. The summed E-state index contributed by atoms with van der Waals surface area (Å²) in [5.41, 5.74) is 11.0. The first-order valence-electron chi connectivity index (χ1n) is 10.2. The molecule has 0 radical (unpaired) electrons. The zero-order valence-electron chi connectivity index (χ0n) is 16.8. The van der Waals surface area contributed by atoms with Gasteiger partial charge in [-0.1, -0.05) is 42.1 Å². The third-order valence-corrected chi connectivity index (χ3v) is 6.74. The number of nitrogens with zero attached hydrogens (tertiary/aromatic N) is 4. The number of fused-ring (bicyclic) bond motifs is 3. The van der Waals surface area contributed by atoms with Crippen molar-refractivity contribution in [1.82, 2.24) is 19.3 Å². The topological polar surface area (TPSA) is 78.7 Å². The molecule has 0 amide bonds. The molecule has 1 aliphatic carbocycles. The maximum absolute atomic E-state index is 13.3. The van der Waals surface area contributed by atoms with Crippen LogP contribution in [0.15, 0.2) is 53.7 Å². The second-order valence-corrected chi connectivity index (χ2v) is 8.60. The van der Waals surface area contributed by atoms with Gasteiger partial charge < -0.3 is 10.3 Å². The molecule has 0 atom stereocenters. The minimum absolute atomic E-state index is 0.0906. The van der Waals surface area contributed by atoms with Gasteiger partial charge in [0.25, 0.3) is 0 Å². The van der Waals surface area contributed by atoms with Crippen molar-refractivity contribution in [3.05, 3.63) is 59.8 Å². The third-order valence-electron chi connectivity index (χ3n) is 5.73. The molecule has 7 heteroatoms. The van der Waals surface area contributed by atoms with Crippen LogP contribution in [0.4, 0.5) is 5.69 Å². The van der Waals surface area contributed by atoms with Gasteiger partial charge in [-0.05, 0) is 49.4 Å². The van der Waals surface area contributed by atoms with Crippen molar-refractivity contribution < 1.29 is 4.79 Å². The predicted molar refractivity (Wildman–Crippen MR) is 121 cm³/mol. The Bertz CT molecular complexity index is 1260. The fourth-order valence-corrected chi connectivity index (χ4v) is 5.10. The molecule has 0 spiro atoms. The van der Waals surface area contributed by atoms with E-state index in [2.05, 4.69) is 28.4 Å². The van der Waals surface area contributed by atoms with Gasteiger partial charge in [0.15, 0.2) is 11.0 Å². The second-order valence-electron chi connectivity index (χ2n) is 7.66. The van der Waals surface area contributed by atoms with E-state index in [1.54, 1.807) is 0 Å². The van der Waals surface area contributed by atoms with Gasteiger partial charge in [0.2, 0.25) is 5.91 Å². The van der Waals surface area contributed by atoms with E-state index in [1.807, 2.05) is 46.5 Å². The van der Waals surface area contributed by atoms with Crippen molar-refractivity contribution in [2.45, 2.75) is 30.8 Å². The Labute approximate surface area is 179 Å². The molecule has 1 aliphatic rings. The van der Waals surface area contributed by atoms with Crippen molar-refractivity contribution in [3.63, 3.8) is 0 Å². The number of para-hydroxylation sites is 1. The molecular weight excluding hydrogens is 394 g/mol. The van der Waals surface area contributed by atoms with E-state index in [4.69, 9.17) is 5.73 Å². The summed E-state index contributed by atoms with van der Waals surface area (Å²) in [6, 6.07) is 15.8. The molecule has 0 bridgehead atoms. The number of nitrogens with two attached hydrogens (primary N) is 1. The molecule has 0 saturated heterocycles. The van der Waals surface area contributed by atoms with Crippen LogP contribution >= 0.6 is 11.8 Å². The van der Waals surface area contributed by atoms with Gasteiger partial charge in [-0.25, -0.2) is 0 Å². The SMILES string of the molecule is Cn1c(SCC(=O)n2c3c(c4ccccc42)CCCC3)nnc1-c1cccc(N)c1. The normalized spacial score (nSPS) is 13.5. The lowest BCUT2D eigenvalue weighted by Gasteiger charge is -2.15. The zero-order chi connectivity index (χ0) is 20.7. The summed E-state index contributed by atoms with van der Waals surface area (Å²) in [4.78, 5) is 13.3. The van der Waals surface area contributed by atoms with Crippen LogP contribution < -0.4 is 5.73 Å². The fraction of sp³-hybridized carbons (Fsp3) is 0.261. The van der Waals surface area contributed by atoms with E-state index >= 15 is 0 Å². The molecule has 0 saturated carbocycles. The molecule has 6 nitrogen and oxygen atoms in total. The van der Waals surface area contributed by atoms with Gasteiger partial charge in [-0.15, -0.1) is 10.2 Å². The standard InChI is InChI=1S/C23H23N5OS/c1-27-22(15-7-6-8-16(24)13-15)25-26-23(27)30-14-21(29)28-19-11-4-2-9-17(19)18-10-3-5-12-20(18)28/h2,4,6-9,11,13H,3,5,10,12,14,24H2,1H3. The number of aromatic nitrogens is 4. The first kappa shape index (κ1) is 18.9. The molecule has 0 aliphatic heterocycles. The number of aryl methyl sites for hydroxylation is 1. The number of carbonyl (C=O) groups excluding carboxylic acids is 1. The van der Waals surface area contributed by atoms with E-state index < -0.39 is 0 Å². The monoisotopic (exact) mass is 417 g/mol. The number of benzene rings is 2. The van der Waals surface area contributed by atoms with Crippen molar-refractivity contribution in [3.8, 4) is 11.4 Å². The number of hydrogen-bond donors (Lipinski definition) is 1. The van der Waals surface area contributed by atoms with Crippen molar-refractivity contribution in [2.24, 2.45) is 7.05 Å². The highest BCUT2D eigenvalue weighted by Gasteiger charge is 2.23. The number of carbonyl (C=O) groups is 1. The maximum Gasteiger partial charge on any atom is 0.241 e. The third kappa shape index (κ3) is 3.19. The molecule has 4 aromatic rings. The summed E-state index contributed by atoms with van der Waals surface area (Å²) in [6.07, 6.45) is 4.34. The van der Waals surface area contributed by atoms with Crippen LogP contribution in [-0.2, 0) is 19.9 Å². The summed E-state index contributed by atoms with van der Waals surface area (Å²) < 4.78 is 3.85. The van der Waals surface area contributed by atoms with Gasteiger partial charge in [-0.3, -0.25) is 9.36 Å². The smallest absolute Gasteiger partial charge is 0.241 e. The van der Waals surface area contributed by atoms with Crippen molar-refractivity contribution in [1.29, 1.82) is 0 Å². The minimum atomic E-state index is 0.0906. The Morgan fingerprint density at radius 3 is 2.80 bits per heavy atom. The van der Waals surface area contributed by atoms with Crippen LogP contribution in [0.1, 0.15) is 28.9 Å². The van der Waals surface area contributed by atoms with Crippen molar-refractivity contribution in [2.75, 3.05) is 11.5 Å². The largest absolute Gasteiger partial charge is 0.399 e. The second kappa shape index (κ2) is 7.65.